The number of carbonyl (C=O) groups is 4. The number of likely N-dealkylation sites (tertiary alicyclic amines) is 1. The predicted octanol–water partition coefficient (Wildman–Crippen LogP) is 7.15. The summed E-state index contributed by atoms with van der Waals surface area (Å²) in [6.45, 7) is 8.81. The number of nitrogens with one attached hydrogen (secondary N) is 1. The normalized spacial score (nSPS) is 18.7. The molecule has 1 aliphatic heterocycles. The summed E-state index contributed by atoms with van der Waals surface area (Å²) >= 11 is 0. The number of benzene rings is 3. The SMILES string of the molecule is CC(=O)Nc1ccc(-c2cc3cc(N(C(=O)OC(C)(C)C)[C@@H](C(=O)[N+]4(C(N)=O)CCC[C@H]4C)c4ccccc4)ccc3o2)cc1. The van der Waals surface area contributed by atoms with E-state index in [-0.39, 0.29) is 18.5 Å². The Bertz CT molecular complexity index is 1740. The van der Waals surface area contributed by atoms with Crippen molar-refractivity contribution in [1.29, 1.82) is 0 Å². The van der Waals surface area contributed by atoms with Crippen molar-refractivity contribution < 1.29 is 32.8 Å². The average molecular weight is 612 g/mol. The number of fused-ring (bicyclic) bond motifs is 1. The van der Waals surface area contributed by atoms with Crippen LogP contribution in [0.15, 0.2) is 83.3 Å². The Kier molecular flexibility index (Phi) is 8.53. The van der Waals surface area contributed by atoms with Crippen LogP contribution in [0.3, 0.4) is 0 Å². The molecule has 2 heterocycles. The first-order valence-corrected chi connectivity index (χ1v) is 15.0. The van der Waals surface area contributed by atoms with Crippen LogP contribution >= 0.6 is 0 Å². The van der Waals surface area contributed by atoms with Gasteiger partial charge in [-0.05, 0) is 81.8 Å². The lowest BCUT2D eigenvalue weighted by Crippen LogP contribution is -2.64. The van der Waals surface area contributed by atoms with Crippen LogP contribution in [-0.2, 0) is 14.3 Å². The molecule has 5 rings (SSSR count). The molecule has 3 atom stereocenters. The lowest BCUT2D eigenvalue weighted by Gasteiger charge is -2.38. The molecule has 1 aromatic heterocycles. The van der Waals surface area contributed by atoms with E-state index in [4.69, 9.17) is 14.9 Å². The van der Waals surface area contributed by atoms with E-state index in [0.29, 0.717) is 46.5 Å². The number of nitrogens with two attached hydrogens (primary N) is 1. The molecular formula is C35H39N4O6+. The van der Waals surface area contributed by atoms with Gasteiger partial charge in [-0.25, -0.2) is 14.4 Å². The number of primary amides is 1. The number of amides is 5. The Morgan fingerprint density at radius 2 is 1.69 bits per heavy atom. The maximum Gasteiger partial charge on any atom is 0.421 e. The van der Waals surface area contributed by atoms with Crippen molar-refractivity contribution in [3.8, 4) is 11.3 Å². The Balaban J connectivity index is 1.64. The van der Waals surface area contributed by atoms with E-state index in [1.165, 1.54) is 11.8 Å². The number of imide groups is 1. The minimum atomic E-state index is -1.21. The van der Waals surface area contributed by atoms with Gasteiger partial charge in [0.2, 0.25) is 5.91 Å². The number of ether oxygens (including phenoxy) is 1. The average Bonchev–Trinajstić information content (AvgIpc) is 3.58. The van der Waals surface area contributed by atoms with Gasteiger partial charge in [-0.3, -0.25) is 9.69 Å². The first-order valence-electron chi connectivity index (χ1n) is 15.0. The van der Waals surface area contributed by atoms with Gasteiger partial charge < -0.3 is 20.2 Å². The summed E-state index contributed by atoms with van der Waals surface area (Å²) in [6.07, 6.45) is 0.563. The van der Waals surface area contributed by atoms with Crippen LogP contribution in [0.2, 0.25) is 0 Å². The molecule has 5 amide bonds. The summed E-state index contributed by atoms with van der Waals surface area (Å²) in [7, 11) is 0. The summed E-state index contributed by atoms with van der Waals surface area (Å²) < 4.78 is 11.4. The highest BCUT2D eigenvalue weighted by atomic mass is 16.6. The summed E-state index contributed by atoms with van der Waals surface area (Å²) in [6, 6.07) is 20.9. The zero-order valence-corrected chi connectivity index (χ0v) is 26.2. The summed E-state index contributed by atoms with van der Waals surface area (Å²) in [5, 5.41) is 3.43. The molecule has 0 spiro atoms. The third kappa shape index (κ3) is 6.32. The monoisotopic (exact) mass is 611 g/mol. The van der Waals surface area contributed by atoms with Crippen molar-refractivity contribution >= 4 is 46.3 Å². The number of hydrogen-bond donors (Lipinski definition) is 2. The van der Waals surface area contributed by atoms with E-state index >= 15 is 0 Å². The third-order valence-electron chi connectivity index (χ3n) is 8.14. The molecule has 1 unspecified atom stereocenters. The van der Waals surface area contributed by atoms with Crippen molar-refractivity contribution in [3.05, 3.63) is 84.4 Å². The molecule has 10 nitrogen and oxygen atoms in total. The van der Waals surface area contributed by atoms with Crippen molar-refractivity contribution in [2.45, 2.75) is 65.1 Å². The molecule has 1 fully saturated rings. The fourth-order valence-electron chi connectivity index (χ4n) is 6.01. The fourth-order valence-corrected chi connectivity index (χ4v) is 6.01. The van der Waals surface area contributed by atoms with Crippen LogP contribution in [0.25, 0.3) is 22.3 Å². The van der Waals surface area contributed by atoms with Crippen LogP contribution in [0.5, 0.6) is 0 Å². The van der Waals surface area contributed by atoms with E-state index in [1.807, 2.05) is 31.2 Å². The number of rotatable bonds is 6. The van der Waals surface area contributed by atoms with Gasteiger partial charge in [-0.15, -0.1) is 0 Å². The zero-order valence-electron chi connectivity index (χ0n) is 26.2. The smallest absolute Gasteiger partial charge is 0.421 e. The molecule has 45 heavy (non-hydrogen) atoms. The molecular weight excluding hydrogens is 572 g/mol. The highest BCUT2D eigenvalue weighted by molar-refractivity contribution is 6.00. The molecule has 1 saturated heterocycles. The molecule has 0 saturated carbocycles. The van der Waals surface area contributed by atoms with Gasteiger partial charge in [0.1, 0.15) is 23.0 Å². The lowest BCUT2D eigenvalue weighted by atomic mass is 10.0. The summed E-state index contributed by atoms with van der Waals surface area (Å²) in [4.78, 5) is 54.6. The van der Waals surface area contributed by atoms with Gasteiger partial charge >= 0.3 is 18.0 Å². The zero-order chi connectivity index (χ0) is 32.5. The standard InChI is InChI=1S/C35H38N4O6/c1-22-10-9-19-39(22,33(36)42)32(41)31(25-11-7-6-8-12-25)38(34(43)45-35(3,4)5)28-17-18-29-26(20-28)21-30(44-29)24-13-15-27(16-14-24)37-23(2)40/h6-8,11-18,20-22,31H,9-10,19H2,1-5H3,(H2-,36,37,40,42)/p+1/t22-,31-,39?/m1/s1. The second kappa shape index (κ2) is 12.2. The highest BCUT2D eigenvalue weighted by Gasteiger charge is 2.56. The van der Waals surface area contributed by atoms with Crippen LogP contribution in [0, 0.1) is 0 Å². The van der Waals surface area contributed by atoms with Crippen molar-refractivity contribution in [2.24, 2.45) is 5.73 Å². The second-order valence-electron chi connectivity index (χ2n) is 12.5. The Labute approximate surface area is 262 Å². The van der Waals surface area contributed by atoms with Gasteiger partial charge in [0.15, 0.2) is 6.04 Å². The first-order chi connectivity index (χ1) is 21.3. The van der Waals surface area contributed by atoms with Crippen LogP contribution in [0.1, 0.15) is 59.1 Å². The van der Waals surface area contributed by atoms with Crippen molar-refractivity contribution in [1.82, 2.24) is 0 Å². The first kappa shape index (κ1) is 31.5. The number of urea groups is 1. The predicted molar refractivity (Wildman–Crippen MR) is 172 cm³/mol. The van der Waals surface area contributed by atoms with E-state index in [9.17, 15) is 19.2 Å². The molecule has 4 aromatic rings. The third-order valence-corrected chi connectivity index (χ3v) is 8.14. The highest BCUT2D eigenvalue weighted by Crippen LogP contribution is 2.39. The van der Waals surface area contributed by atoms with Gasteiger partial charge in [-0.2, -0.15) is 4.48 Å². The topological polar surface area (TPSA) is 132 Å². The maximum absolute atomic E-state index is 14.7. The molecule has 0 radical (unpaired) electrons. The Morgan fingerprint density at radius 1 is 1.00 bits per heavy atom. The Morgan fingerprint density at radius 3 is 2.27 bits per heavy atom. The number of hydrogen-bond acceptors (Lipinski definition) is 6. The largest absolute Gasteiger partial charge is 0.456 e. The fraction of sp³-hybridized carbons (Fsp3) is 0.314. The quantitative estimate of drug-likeness (QED) is 0.223. The van der Waals surface area contributed by atoms with Gasteiger partial charge in [0, 0.05) is 42.1 Å². The number of anilines is 2. The molecule has 0 aliphatic carbocycles. The number of quaternary nitrogens is 1. The van der Waals surface area contributed by atoms with Crippen LogP contribution in [0.4, 0.5) is 21.0 Å². The maximum atomic E-state index is 14.7. The van der Waals surface area contributed by atoms with Crippen molar-refractivity contribution in [3.63, 3.8) is 0 Å². The number of nitrogens with zero attached hydrogens (tertiary/aromatic N) is 2. The van der Waals surface area contributed by atoms with Crippen molar-refractivity contribution in [2.75, 3.05) is 16.8 Å². The van der Waals surface area contributed by atoms with Gasteiger partial charge in [-0.1, -0.05) is 30.3 Å². The molecule has 3 N–H and O–H groups in total. The Hall–Kier alpha value is -4.96. The minimum Gasteiger partial charge on any atom is -0.456 e. The minimum absolute atomic E-state index is 0.163. The molecule has 1 aliphatic rings. The molecule has 3 aromatic carbocycles. The van der Waals surface area contributed by atoms with E-state index in [0.717, 1.165) is 5.56 Å². The lowest BCUT2D eigenvalue weighted by molar-refractivity contribution is -0.784. The molecule has 234 valence electrons. The van der Waals surface area contributed by atoms with Gasteiger partial charge in [0.25, 0.3) is 0 Å². The van der Waals surface area contributed by atoms with E-state index in [2.05, 4.69) is 5.32 Å². The van der Waals surface area contributed by atoms with Crippen LogP contribution < -0.4 is 16.0 Å². The van der Waals surface area contributed by atoms with Crippen LogP contribution in [-0.4, -0.2) is 46.6 Å². The summed E-state index contributed by atoms with van der Waals surface area (Å²) in [5.41, 5.74) is 8.04. The van der Waals surface area contributed by atoms with Gasteiger partial charge in [0.05, 0.1) is 6.54 Å². The summed E-state index contributed by atoms with van der Waals surface area (Å²) in [5.74, 6) is -0.0688. The van der Waals surface area contributed by atoms with E-state index in [1.54, 1.807) is 75.4 Å². The number of carbonyl (C=O) groups excluding carboxylic acids is 4. The number of furan rings is 1. The molecule has 10 heteroatoms. The molecule has 0 bridgehead atoms. The van der Waals surface area contributed by atoms with E-state index < -0.39 is 34.2 Å². The second-order valence-corrected chi connectivity index (χ2v) is 12.5.